The van der Waals surface area contributed by atoms with Gasteiger partial charge in [0, 0.05) is 14.1 Å². The first-order valence-corrected chi connectivity index (χ1v) is 18.9. The number of hydrogen-bond acceptors (Lipinski definition) is 8. The van der Waals surface area contributed by atoms with Crippen molar-refractivity contribution in [2.45, 2.75) is 26.3 Å². The predicted octanol–water partition coefficient (Wildman–Crippen LogP) is 5.25. The molecule has 0 saturated heterocycles. The molecule has 220 valence electrons. The Balaban J connectivity index is 3.62. The molecule has 0 aromatic heterocycles. The van der Waals surface area contributed by atoms with Gasteiger partial charge in [0.25, 0.3) is 7.51 Å². The summed E-state index contributed by atoms with van der Waals surface area (Å²) < 4.78 is 41.0. The number of nitrogens with zero attached hydrogens (tertiary/aromatic N) is 13. The van der Waals surface area contributed by atoms with Gasteiger partial charge in [-0.2, -0.15) is 13.2 Å². The van der Waals surface area contributed by atoms with E-state index in [9.17, 15) is 0 Å². The van der Waals surface area contributed by atoms with Crippen molar-refractivity contribution in [3.8, 4) is 0 Å². The van der Waals surface area contributed by atoms with Crippen molar-refractivity contribution in [2.75, 3.05) is 113 Å². The Kier molecular flexibility index (Phi) is 9.24. The lowest BCUT2D eigenvalue weighted by Crippen LogP contribution is -2.60. The smallest absolute Gasteiger partial charge is 0.245 e. The highest BCUT2D eigenvalue weighted by Gasteiger charge is 2.65. The van der Waals surface area contributed by atoms with Crippen LogP contribution in [0.5, 0.6) is 0 Å². The summed E-state index contributed by atoms with van der Waals surface area (Å²) in [5.41, 5.74) is -0.380. The van der Waals surface area contributed by atoms with Crippen LogP contribution in [0.15, 0.2) is 18.3 Å². The number of hydrogen-bond donors (Lipinski definition) is 0. The third-order valence-corrected chi connectivity index (χ3v) is 25.2. The molecule has 17 heteroatoms. The molecule has 2 bridgehead atoms. The van der Waals surface area contributed by atoms with Crippen LogP contribution in [0.4, 0.5) is 0 Å². The van der Waals surface area contributed by atoms with Gasteiger partial charge in [-0.15, -0.1) is 9.03 Å². The molecule has 2 rings (SSSR count). The van der Waals surface area contributed by atoms with Crippen LogP contribution in [0.1, 0.15) is 20.8 Å². The van der Waals surface area contributed by atoms with E-state index in [4.69, 9.17) is 18.3 Å². The van der Waals surface area contributed by atoms with E-state index >= 15 is 0 Å². The Morgan fingerprint density at radius 3 is 1.08 bits per heavy atom. The number of fused-ring (bicyclic) bond motifs is 1. The average Bonchev–Trinajstić information content (AvgIpc) is 2.80. The van der Waals surface area contributed by atoms with E-state index < -0.39 is 30.0 Å². The minimum atomic E-state index is -3.04. The zero-order valence-corrected chi connectivity index (χ0v) is 30.7. The van der Waals surface area contributed by atoms with E-state index in [2.05, 4.69) is 166 Å². The summed E-state index contributed by atoms with van der Waals surface area (Å²) in [7, 11) is 24.4. The second-order valence-electron chi connectivity index (χ2n) is 12.6. The lowest BCUT2D eigenvalue weighted by Gasteiger charge is -2.57. The van der Waals surface area contributed by atoms with Gasteiger partial charge in [-0.05, 0) is 91.2 Å². The summed E-state index contributed by atoms with van der Waals surface area (Å²) >= 11 is 0. The van der Waals surface area contributed by atoms with Crippen molar-refractivity contribution in [1.29, 1.82) is 0 Å². The highest BCUT2D eigenvalue weighted by atomic mass is 31.3. The predicted molar refractivity (Wildman–Crippen MR) is 165 cm³/mol. The Morgan fingerprint density at radius 1 is 0.568 bits per heavy atom. The van der Waals surface area contributed by atoms with Gasteiger partial charge in [-0.25, -0.2) is 28.1 Å². The highest BCUT2D eigenvalue weighted by Crippen LogP contribution is 2.87. The van der Waals surface area contributed by atoms with Crippen LogP contribution in [0.3, 0.4) is 0 Å². The van der Waals surface area contributed by atoms with Crippen molar-refractivity contribution in [2.24, 2.45) is 18.3 Å². The molecule has 0 spiro atoms. The third kappa shape index (κ3) is 4.68. The maximum absolute atomic E-state index is 5.94. The van der Waals surface area contributed by atoms with Crippen molar-refractivity contribution < 1.29 is 8.73 Å². The standard InChI is InChI=1S/C20H57N13P4/c1-20(2,3)21-34-22-35(25(4)5,30(14)32(16,17)36(23-34,26(6)7)27(8)9)31(15)33(18,19)37(24-34,28(10)11)29(12)13/h1-19H3/q+2. The Bertz CT molecular complexity index is 1020. The molecule has 0 aromatic rings. The van der Waals surface area contributed by atoms with Gasteiger partial charge in [0.2, 0.25) is 0 Å². The van der Waals surface area contributed by atoms with Crippen LogP contribution >= 0.6 is 30.0 Å². The van der Waals surface area contributed by atoms with Crippen molar-refractivity contribution >= 4 is 30.0 Å². The Morgan fingerprint density at radius 2 is 0.865 bits per heavy atom. The first kappa shape index (κ1) is 33.8. The molecule has 0 saturated carbocycles. The van der Waals surface area contributed by atoms with Gasteiger partial charge < -0.3 is 0 Å². The molecule has 37 heavy (non-hydrogen) atoms. The quantitative estimate of drug-likeness (QED) is 0.398. The van der Waals surface area contributed by atoms with E-state index in [1.54, 1.807) is 0 Å². The molecule has 2 aliphatic heterocycles. The molecular weight excluding hydrogens is 546 g/mol. The SMILES string of the molecule is CN(C)P12=NP(=NC(C)(C)C)(N=P(N(C)C)(N(C)C)[N+](C)(C)N1C)N=P(N(C)C)(N(C)C)[N+](C)(C)N2C. The van der Waals surface area contributed by atoms with Crippen LogP contribution in [-0.2, 0) is 0 Å². The molecule has 13 nitrogen and oxygen atoms in total. The normalized spacial score (nSPS) is 31.7. The van der Waals surface area contributed by atoms with E-state index in [1.165, 1.54) is 0 Å². The molecule has 0 N–H and O–H groups in total. The maximum Gasteiger partial charge on any atom is 0.313 e. The minimum Gasteiger partial charge on any atom is -0.245 e. The van der Waals surface area contributed by atoms with Crippen LogP contribution in [0.2, 0.25) is 0 Å². The van der Waals surface area contributed by atoms with Gasteiger partial charge >= 0.3 is 22.5 Å². The molecule has 2 aliphatic rings. The summed E-state index contributed by atoms with van der Waals surface area (Å²) in [5, 5.41) is 0. The summed E-state index contributed by atoms with van der Waals surface area (Å²) in [5.74, 6) is 0. The lowest BCUT2D eigenvalue weighted by molar-refractivity contribution is -0.894. The van der Waals surface area contributed by atoms with Crippen molar-refractivity contribution in [3.05, 3.63) is 0 Å². The van der Waals surface area contributed by atoms with Crippen LogP contribution < -0.4 is 0 Å². The van der Waals surface area contributed by atoms with Crippen LogP contribution in [0, 0.1) is 0 Å². The van der Waals surface area contributed by atoms with Crippen molar-refractivity contribution in [3.63, 3.8) is 0 Å². The molecule has 0 atom stereocenters. The molecule has 2 heterocycles. The van der Waals surface area contributed by atoms with Gasteiger partial charge in [0.1, 0.15) is 0 Å². The van der Waals surface area contributed by atoms with E-state index in [1.807, 2.05) is 0 Å². The maximum atomic E-state index is 5.94. The van der Waals surface area contributed by atoms with Crippen molar-refractivity contribution in [1.82, 2.24) is 32.9 Å². The van der Waals surface area contributed by atoms with Gasteiger partial charge in [-0.1, -0.05) is 9.56 Å². The second-order valence-corrected chi connectivity index (χ2v) is 26.3. The zero-order valence-electron chi connectivity index (χ0n) is 27.1. The number of quaternary nitrogens is 2. The van der Waals surface area contributed by atoms with E-state index in [0.717, 1.165) is 0 Å². The topological polar surface area (TPSA) is 72.1 Å². The summed E-state index contributed by atoms with van der Waals surface area (Å²) in [4.78, 5) is 0. The fraction of sp³-hybridized carbons (Fsp3) is 1.00. The summed E-state index contributed by atoms with van der Waals surface area (Å²) in [6.07, 6.45) is 0. The van der Waals surface area contributed by atoms with Crippen LogP contribution in [-0.4, -0.2) is 160 Å². The fourth-order valence-electron chi connectivity index (χ4n) is 5.82. The summed E-state index contributed by atoms with van der Waals surface area (Å²) in [6.45, 7) is 6.45. The number of rotatable bonds is 5. The third-order valence-electron chi connectivity index (χ3n) is 7.34. The van der Waals surface area contributed by atoms with Gasteiger partial charge in [-0.3, -0.25) is 0 Å². The summed E-state index contributed by atoms with van der Waals surface area (Å²) in [6, 6.07) is 0. The first-order chi connectivity index (χ1) is 16.4. The fourth-order valence-corrected chi connectivity index (χ4v) is 27.6. The molecule has 0 radical (unpaired) electrons. The lowest BCUT2D eigenvalue weighted by atomic mass is 10.1. The molecule has 0 aromatic carbocycles. The van der Waals surface area contributed by atoms with Crippen LogP contribution in [0.25, 0.3) is 0 Å². The molecule has 0 fully saturated rings. The second kappa shape index (κ2) is 10.1. The average molecular weight is 604 g/mol. The molecule has 0 unspecified atom stereocenters. The molecular formula is C20H57N13P4+2. The molecule has 0 aliphatic carbocycles. The zero-order chi connectivity index (χ0) is 29.4. The first-order valence-electron chi connectivity index (χ1n) is 12.5. The van der Waals surface area contributed by atoms with E-state index in [-0.39, 0.29) is 5.54 Å². The van der Waals surface area contributed by atoms with Gasteiger partial charge in [0.05, 0.1) is 33.7 Å². The Labute approximate surface area is 228 Å². The van der Waals surface area contributed by atoms with Gasteiger partial charge in [0.15, 0.2) is 0 Å². The van der Waals surface area contributed by atoms with E-state index in [0.29, 0.717) is 8.73 Å². The monoisotopic (exact) mass is 603 g/mol. The Hall–Kier alpha value is 0.560. The highest BCUT2D eigenvalue weighted by molar-refractivity contribution is 7.81. The largest absolute Gasteiger partial charge is 0.313 e. The molecule has 0 amide bonds. The minimum absolute atomic E-state index is 0.380.